The summed E-state index contributed by atoms with van der Waals surface area (Å²) in [4.78, 5) is 14.4. The van der Waals surface area contributed by atoms with Crippen molar-refractivity contribution in [2.45, 2.75) is 32.3 Å². The van der Waals surface area contributed by atoms with Gasteiger partial charge in [-0.3, -0.25) is 4.90 Å². The van der Waals surface area contributed by atoms with Gasteiger partial charge in [0.15, 0.2) is 0 Å². The molecular formula is C15H20BrNO2. The van der Waals surface area contributed by atoms with E-state index in [1.807, 2.05) is 19.1 Å². The van der Waals surface area contributed by atoms with Crippen molar-refractivity contribution in [1.82, 2.24) is 4.90 Å². The van der Waals surface area contributed by atoms with Gasteiger partial charge in [-0.05, 0) is 51.1 Å². The first-order chi connectivity index (χ1) is 9.15. The van der Waals surface area contributed by atoms with Crippen LogP contribution < -0.4 is 0 Å². The number of ether oxygens (including phenoxy) is 1. The molecule has 0 saturated carbocycles. The van der Waals surface area contributed by atoms with Crippen molar-refractivity contribution in [2.24, 2.45) is 0 Å². The Labute approximate surface area is 123 Å². The smallest absolute Gasteiger partial charge is 0.338 e. The summed E-state index contributed by atoms with van der Waals surface area (Å²) in [5, 5.41) is 0. The second-order valence-electron chi connectivity index (χ2n) is 5.09. The van der Waals surface area contributed by atoms with E-state index in [1.165, 1.54) is 19.3 Å². The van der Waals surface area contributed by atoms with Gasteiger partial charge in [-0.2, -0.15) is 0 Å². The summed E-state index contributed by atoms with van der Waals surface area (Å²) in [6.45, 7) is 5.04. The molecule has 1 aromatic rings. The van der Waals surface area contributed by atoms with Gasteiger partial charge >= 0.3 is 5.97 Å². The molecule has 0 radical (unpaired) electrons. The van der Waals surface area contributed by atoms with Crippen LogP contribution in [0.3, 0.4) is 0 Å². The molecule has 0 aromatic heterocycles. The van der Waals surface area contributed by atoms with Crippen molar-refractivity contribution in [3.8, 4) is 0 Å². The topological polar surface area (TPSA) is 29.5 Å². The summed E-state index contributed by atoms with van der Waals surface area (Å²) in [5.74, 6) is -0.245. The lowest BCUT2D eigenvalue weighted by Crippen LogP contribution is -2.37. The van der Waals surface area contributed by atoms with Gasteiger partial charge < -0.3 is 4.74 Å². The first kappa shape index (κ1) is 14.5. The minimum Gasteiger partial charge on any atom is -0.458 e. The predicted octanol–water partition coefficient (Wildman–Crippen LogP) is 3.48. The average molecular weight is 326 g/mol. The fraction of sp³-hybridized carbons (Fsp3) is 0.533. The number of halogens is 1. The minimum atomic E-state index is -0.245. The number of carbonyl (C=O) groups is 1. The molecule has 1 saturated heterocycles. The zero-order valence-corrected chi connectivity index (χ0v) is 12.9. The summed E-state index contributed by atoms with van der Waals surface area (Å²) < 4.78 is 6.39. The number of likely N-dealkylation sites (tertiary alicyclic amines) is 1. The van der Waals surface area contributed by atoms with E-state index in [1.54, 1.807) is 12.1 Å². The van der Waals surface area contributed by atoms with Crippen molar-refractivity contribution < 1.29 is 9.53 Å². The molecule has 1 aliphatic heterocycles. The Balaban J connectivity index is 1.84. The molecule has 1 atom stereocenters. The van der Waals surface area contributed by atoms with E-state index in [4.69, 9.17) is 4.74 Å². The maximum Gasteiger partial charge on any atom is 0.338 e. The summed E-state index contributed by atoms with van der Waals surface area (Å²) >= 11 is 3.36. The van der Waals surface area contributed by atoms with Crippen molar-refractivity contribution in [1.29, 1.82) is 0 Å². The fourth-order valence-electron chi connectivity index (χ4n) is 2.41. The van der Waals surface area contributed by atoms with Crippen LogP contribution in [0.25, 0.3) is 0 Å². The molecule has 3 nitrogen and oxygen atoms in total. The van der Waals surface area contributed by atoms with Crippen LogP contribution in [0.1, 0.15) is 36.5 Å². The number of rotatable bonds is 4. The zero-order chi connectivity index (χ0) is 13.7. The molecule has 0 N–H and O–H groups in total. The zero-order valence-electron chi connectivity index (χ0n) is 11.3. The van der Waals surface area contributed by atoms with Gasteiger partial charge in [-0.1, -0.05) is 28.4 Å². The number of benzene rings is 1. The molecule has 1 heterocycles. The molecule has 0 amide bonds. The highest BCUT2D eigenvalue weighted by atomic mass is 79.9. The lowest BCUT2D eigenvalue weighted by Gasteiger charge is -2.28. The molecule has 0 aliphatic carbocycles. The first-order valence-corrected chi connectivity index (χ1v) is 7.63. The standard InChI is InChI=1S/C15H20BrNO2/c1-12(11-17-8-3-2-4-9-17)19-15(18)13-6-5-7-14(16)10-13/h5-7,10,12H,2-4,8-9,11H2,1H3/t12-/m0/s1. The Bertz CT molecular complexity index is 430. The Morgan fingerprint density at radius 2 is 2.11 bits per heavy atom. The van der Waals surface area contributed by atoms with Crippen molar-refractivity contribution in [3.05, 3.63) is 34.3 Å². The molecular weight excluding hydrogens is 306 g/mol. The minimum absolute atomic E-state index is 0.0652. The monoisotopic (exact) mass is 325 g/mol. The second-order valence-corrected chi connectivity index (χ2v) is 6.00. The van der Waals surface area contributed by atoms with E-state index in [0.29, 0.717) is 5.56 Å². The molecule has 0 unspecified atom stereocenters. The van der Waals surface area contributed by atoms with Gasteiger partial charge in [0.05, 0.1) is 5.56 Å². The second kappa shape index (κ2) is 7.06. The maximum atomic E-state index is 12.0. The third-order valence-electron chi connectivity index (χ3n) is 3.33. The van der Waals surface area contributed by atoms with E-state index in [0.717, 1.165) is 24.1 Å². The molecule has 1 aromatic carbocycles. The van der Waals surface area contributed by atoms with E-state index in [-0.39, 0.29) is 12.1 Å². The first-order valence-electron chi connectivity index (χ1n) is 6.84. The van der Waals surface area contributed by atoms with Crippen molar-refractivity contribution in [3.63, 3.8) is 0 Å². The van der Waals surface area contributed by atoms with Crippen LogP contribution >= 0.6 is 15.9 Å². The summed E-state index contributed by atoms with van der Waals surface area (Å²) in [5.41, 5.74) is 0.597. The summed E-state index contributed by atoms with van der Waals surface area (Å²) in [7, 11) is 0. The fourth-order valence-corrected chi connectivity index (χ4v) is 2.81. The van der Waals surface area contributed by atoms with Crippen LogP contribution in [0.2, 0.25) is 0 Å². The van der Waals surface area contributed by atoms with Crippen LogP contribution in [0, 0.1) is 0 Å². The summed E-state index contributed by atoms with van der Waals surface area (Å²) in [6, 6.07) is 7.31. The highest BCUT2D eigenvalue weighted by molar-refractivity contribution is 9.10. The number of piperidine rings is 1. The van der Waals surface area contributed by atoms with Crippen molar-refractivity contribution in [2.75, 3.05) is 19.6 Å². The maximum absolute atomic E-state index is 12.0. The Hall–Kier alpha value is -0.870. The quantitative estimate of drug-likeness (QED) is 0.794. The van der Waals surface area contributed by atoms with Gasteiger partial charge in [0.2, 0.25) is 0 Å². The predicted molar refractivity (Wildman–Crippen MR) is 79.3 cm³/mol. The summed E-state index contributed by atoms with van der Waals surface area (Å²) in [6.07, 6.45) is 3.77. The molecule has 1 fully saturated rings. The number of carbonyl (C=O) groups excluding carboxylic acids is 1. The van der Waals surface area contributed by atoms with Crippen LogP contribution in [0.15, 0.2) is 28.7 Å². The average Bonchev–Trinajstić information content (AvgIpc) is 2.39. The third-order valence-corrected chi connectivity index (χ3v) is 3.83. The molecule has 2 rings (SSSR count). The van der Waals surface area contributed by atoms with E-state index >= 15 is 0 Å². The molecule has 4 heteroatoms. The van der Waals surface area contributed by atoms with Gasteiger partial charge in [-0.15, -0.1) is 0 Å². The highest BCUT2D eigenvalue weighted by Crippen LogP contribution is 2.14. The Morgan fingerprint density at radius 1 is 1.37 bits per heavy atom. The molecule has 104 valence electrons. The van der Waals surface area contributed by atoms with Gasteiger partial charge in [-0.25, -0.2) is 4.79 Å². The van der Waals surface area contributed by atoms with E-state index in [2.05, 4.69) is 20.8 Å². The largest absolute Gasteiger partial charge is 0.458 e. The van der Waals surface area contributed by atoms with Crippen LogP contribution in [-0.2, 0) is 4.74 Å². The number of hydrogen-bond acceptors (Lipinski definition) is 3. The van der Waals surface area contributed by atoms with Crippen LogP contribution in [0.4, 0.5) is 0 Å². The Morgan fingerprint density at radius 3 is 2.79 bits per heavy atom. The number of nitrogens with zero attached hydrogens (tertiary/aromatic N) is 1. The lowest BCUT2D eigenvalue weighted by atomic mass is 10.1. The van der Waals surface area contributed by atoms with Crippen molar-refractivity contribution >= 4 is 21.9 Å². The number of hydrogen-bond donors (Lipinski definition) is 0. The van der Waals surface area contributed by atoms with Gasteiger partial charge in [0.25, 0.3) is 0 Å². The highest BCUT2D eigenvalue weighted by Gasteiger charge is 2.17. The van der Waals surface area contributed by atoms with Crippen LogP contribution in [-0.4, -0.2) is 36.6 Å². The SMILES string of the molecule is C[C@@H](CN1CCCCC1)OC(=O)c1cccc(Br)c1. The molecule has 19 heavy (non-hydrogen) atoms. The van der Waals surface area contributed by atoms with Gasteiger partial charge in [0.1, 0.15) is 6.10 Å². The normalized spacial score (nSPS) is 18.0. The molecule has 0 bridgehead atoms. The van der Waals surface area contributed by atoms with E-state index < -0.39 is 0 Å². The van der Waals surface area contributed by atoms with E-state index in [9.17, 15) is 4.79 Å². The third kappa shape index (κ3) is 4.62. The Kier molecular flexibility index (Phi) is 5.40. The molecule has 0 spiro atoms. The lowest BCUT2D eigenvalue weighted by molar-refractivity contribution is 0.0236. The van der Waals surface area contributed by atoms with Crippen LogP contribution in [0.5, 0.6) is 0 Å². The van der Waals surface area contributed by atoms with Gasteiger partial charge in [0, 0.05) is 11.0 Å². The number of esters is 1. The molecule has 1 aliphatic rings.